The SMILES string of the molecule is COc1ccc(CNc2ncc(Br)cc2C)cc1N. The lowest BCUT2D eigenvalue weighted by Crippen LogP contribution is -2.04. The summed E-state index contributed by atoms with van der Waals surface area (Å²) in [5.74, 6) is 1.57. The molecule has 100 valence electrons. The van der Waals surface area contributed by atoms with Gasteiger partial charge in [-0.25, -0.2) is 4.98 Å². The molecule has 0 unspecified atom stereocenters. The molecule has 1 aromatic carbocycles. The van der Waals surface area contributed by atoms with E-state index in [2.05, 4.69) is 26.2 Å². The van der Waals surface area contributed by atoms with Crippen molar-refractivity contribution in [3.05, 3.63) is 46.1 Å². The number of halogens is 1. The Morgan fingerprint density at radius 1 is 1.37 bits per heavy atom. The molecule has 1 aromatic heterocycles. The van der Waals surface area contributed by atoms with Crippen molar-refractivity contribution >= 4 is 27.4 Å². The van der Waals surface area contributed by atoms with Crippen LogP contribution in [0.3, 0.4) is 0 Å². The van der Waals surface area contributed by atoms with Crippen LogP contribution in [0.4, 0.5) is 11.5 Å². The average molecular weight is 322 g/mol. The third-order valence-corrected chi connectivity index (χ3v) is 3.23. The summed E-state index contributed by atoms with van der Waals surface area (Å²) in [6.07, 6.45) is 1.78. The standard InChI is InChI=1S/C14H16BrN3O/c1-9-5-11(15)8-18-14(9)17-7-10-3-4-13(19-2)12(16)6-10/h3-6,8H,7,16H2,1-2H3,(H,17,18). The van der Waals surface area contributed by atoms with Crippen molar-refractivity contribution in [2.45, 2.75) is 13.5 Å². The third kappa shape index (κ3) is 3.38. The minimum absolute atomic E-state index is 0.641. The molecule has 0 aliphatic rings. The van der Waals surface area contributed by atoms with Crippen LogP contribution >= 0.6 is 15.9 Å². The first-order chi connectivity index (χ1) is 9.10. The van der Waals surface area contributed by atoms with Crippen LogP contribution in [0.15, 0.2) is 34.9 Å². The molecule has 4 nitrogen and oxygen atoms in total. The Labute approximate surface area is 121 Å². The van der Waals surface area contributed by atoms with Gasteiger partial charge in [-0.1, -0.05) is 6.07 Å². The fraction of sp³-hybridized carbons (Fsp3) is 0.214. The van der Waals surface area contributed by atoms with Gasteiger partial charge >= 0.3 is 0 Å². The van der Waals surface area contributed by atoms with Crippen molar-refractivity contribution < 1.29 is 4.74 Å². The minimum Gasteiger partial charge on any atom is -0.495 e. The summed E-state index contributed by atoms with van der Waals surface area (Å²) in [7, 11) is 1.61. The van der Waals surface area contributed by atoms with E-state index in [1.165, 1.54) is 0 Å². The number of hydrogen-bond acceptors (Lipinski definition) is 4. The number of aromatic nitrogens is 1. The first kappa shape index (κ1) is 13.7. The number of pyridine rings is 1. The Balaban J connectivity index is 2.08. The highest BCUT2D eigenvalue weighted by Gasteiger charge is 2.03. The highest BCUT2D eigenvalue weighted by Crippen LogP contribution is 2.23. The van der Waals surface area contributed by atoms with E-state index in [1.807, 2.05) is 31.2 Å². The molecule has 0 saturated heterocycles. The maximum atomic E-state index is 5.88. The summed E-state index contributed by atoms with van der Waals surface area (Å²) in [4.78, 5) is 4.34. The zero-order valence-electron chi connectivity index (χ0n) is 10.9. The highest BCUT2D eigenvalue weighted by molar-refractivity contribution is 9.10. The fourth-order valence-corrected chi connectivity index (χ4v) is 2.25. The van der Waals surface area contributed by atoms with Crippen LogP contribution < -0.4 is 15.8 Å². The average Bonchev–Trinajstić information content (AvgIpc) is 2.38. The zero-order chi connectivity index (χ0) is 13.8. The van der Waals surface area contributed by atoms with Gasteiger partial charge < -0.3 is 15.8 Å². The number of benzene rings is 1. The summed E-state index contributed by atoms with van der Waals surface area (Å²) in [5, 5.41) is 3.29. The summed E-state index contributed by atoms with van der Waals surface area (Å²) in [5.41, 5.74) is 8.70. The first-order valence-electron chi connectivity index (χ1n) is 5.88. The number of aryl methyl sites for hydroxylation is 1. The number of anilines is 2. The van der Waals surface area contributed by atoms with Crippen molar-refractivity contribution in [2.75, 3.05) is 18.2 Å². The monoisotopic (exact) mass is 321 g/mol. The molecular weight excluding hydrogens is 306 g/mol. The van der Waals surface area contributed by atoms with Crippen LogP contribution in [0.2, 0.25) is 0 Å². The molecule has 1 heterocycles. The minimum atomic E-state index is 0.641. The summed E-state index contributed by atoms with van der Waals surface area (Å²) >= 11 is 3.40. The molecule has 0 atom stereocenters. The number of nitrogens with two attached hydrogens (primary N) is 1. The van der Waals surface area contributed by atoms with E-state index >= 15 is 0 Å². The lowest BCUT2D eigenvalue weighted by atomic mass is 10.2. The van der Waals surface area contributed by atoms with Crippen LogP contribution in [0.1, 0.15) is 11.1 Å². The van der Waals surface area contributed by atoms with Crippen LogP contribution in [0, 0.1) is 6.92 Å². The van der Waals surface area contributed by atoms with Gasteiger partial charge in [0.1, 0.15) is 11.6 Å². The van der Waals surface area contributed by atoms with Gasteiger partial charge in [0.2, 0.25) is 0 Å². The van der Waals surface area contributed by atoms with E-state index in [-0.39, 0.29) is 0 Å². The van der Waals surface area contributed by atoms with E-state index in [9.17, 15) is 0 Å². The van der Waals surface area contributed by atoms with Crippen molar-refractivity contribution in [3.8, 4) is 5.75 Å². The van der Waals surface area contributed by atoms with Crippen molar-refractivity contribution in [3.63, 3.8) is 0 Å². The Hall–Kier alpha value is -1.75. The number of rotatable bonds is 4. The lowest BCUT2D eigenvalue weighted by Gasteiger charge is -2.10. The van der Waals surface area contributed by atoms with Gasteiger partial charge in [0.15, 0.2) is 0 Å². The predicted molar refractivity (Wildman–Crippen MR) is 81.4 cm³/mol. The fourth-order valence-electron chi connectivity index (χ4n) is 1.81. The summed E-state index contributed by atoms with van der Waals surface area (Å²) in [6, 6.07) is 7.78. The molecule has 19 heavy (non-hydrogen) atoms. The molecule has 0 aliphatic carbocycles. The van der Waals surface area contributed by atoms with E-state index in [0.29, 0.717) is 18.0 Å². The zero-order valence-corrected chi connectivity index (χ0v) is 12.5. The molecule has 2 rings (SSSR count). The van der Waals surface area contributed by atoms with Gasteiger partial charge in [0.05, 0.1) is 12.8 Å². The molecule has 0 bridgehead atoms. The number of nitrogens with zero attached hydrogens (tertiary/aromatic N) is 1. The smallest absolute Gasteiger partial charge is 0.141 e. The maximum absolute atomic E-state index is 5.88. The topological polar surface area (TPSA) is 60.2 Å². The van der Waals surface area contributed by atoms with Gasteiger partial charge in [-0.3, -0.25) is 0 Å². The number of hydrogen-bond donors (Lipinski definition) is 2. The quantitative estimate of drug-likeness (QED) is 0.848. The van der Waals surface area contributed by atoms with Gasteiger partial charge in [-0.05, 0) is 52.2 Å². The normalized spacial score (nSPS) is 10.3. The Kier molecular flexibility index (Phi) is 4.27. The molecule has 0 radical (unpaired) electrons. The Morgan fingerprint density at radius 2 is 2.16 bits per heavy atom. The van der Waals surface area contributed by atoms with Gasteiger partial charge in [0.25, 0.3) is 0 Å². The number of ether oxygens (including phenoxy) is 1. The van der Waals surface area contributed by atoms with E-state index in [0.717, 1.165) is 21.4 Å². The van der Waals surface area contributed by atoms with Gasteiger partial charge in [-0.15, -0.1) is 0 Å². The highest BCUT2D eigenvalue weighted by atomic mass is 79.9. The maximum Gasteiger partial charge on any atom is 0.141 e. The predicted octanol–water partition coefficient (Wildman–Crippen LogP) is 3.36. The Morgan fingerprint density at radius 3 is 2.79 bits per heavy atom. The molecule has 0 fully saturated rings. The first-order valence-corrected chi connectivity index (χ1v) is 6.68. The molecule has 0 aliphatic heterocycles. The van der Waals surface area contributed by atoms with Crippen molar-refractivity contribution in [1.82, 2.24) is 4.98 Å². The van der Waals surface area contributed by atoms with Gasteiger partial charge in [0, 0.05) is 17.2 Å². The van der Waals surface area contributed by atoms with Gasteiger partial charge in [-0.2, -0.15) is 0 Å². The van der Waals surface area contributed by atoms with E-state index in [4.69, 9.17) is 10.5 Å². The molecular formula is C14H16BrN3O. The molecule has 2 aromatic rings. The second kappa shape index (κ2) is 5.93. The molecule has 0 spiro atoms. The molecule has 3 N–H and O–H groups in total. The van der Waals surface area contributed by atoms with Crippen LogP contribution in [-0.4, -0.2) is 12.1 Å². The summed E-state index contributed by atoms with van der Waals surface area (Å²) < 4.78 is 6.11. The second-order valence-electron chi connectivity index (χ2n) is 4.25. The van der Waals surface area contributed by atoms with Crippen LogP contribution in [-0.2, 0) is 6.54 Å². The summed E-state index contributed by atoms with van der Waals surface area (Å²) in [6.45, 7) is 2.69. The second-order valence-corrected chi connectivity index (χ2v) is 5.16. The van der Waals surface area contributed by atoms with E-state index < -0.39 is 0 Å². The Bertz CT molecular complexity index is 587. The molecule has 0 saturated carbocycles. The molecule has 5 heteroatoms. The van der Waals surface area contributed by atoms with Crippen LogP contribution in [0.5, 0.6) is 5.75 Å². The number of nitrogen functional groups attached to an aromatic ring is 1. The third-order valence-electron chi connectivity index (χ3n) is 2.80. The largest absolute Gasteiger partial charge is 0.495 e. The van der Waals surface area contributed by atoms with Crippen molar-refractivity contribution in [1.29, 1.82) is 0 Å². The van der Waals surface area contributed by atoms with Crippen LogP contribution in [0.25, 0.3) is 0 Å². The van der Waals surface area contributed by atoms with E-state index in [1.54, 1.807) is 13.3 Å². The van der Waals surface area contributed by atoms with Crippen molar-refractivity contribution in [2.24, 2.45) is 0 Å². The lowest BCUT2D eigenvalue weighted by molar-refractivity contribution is 0.417. The molecule has 0 amide bonds. The number of nitrogens with one attached hydrogen (secondary N) is 1. The number of methoxy groups -OCH3 is 1.